The summed E-state index contributed by atoms with van der Waals surface area (Å²) >= 11 is 0. The molecule has 0 heterocycles. The summed E-state index contributed by atoms with van der Waals surface area (Å²) in [6, 6.07) is 0. The molecule has 1 aliphatic carbocycles. The number of hydrogen-bond acceptors (Lipinski definition) is 4. The van der Waals surface area contributed by atoms with Crippen LogP contribution in [0, 0.1) is 0 Å². The van der Waals surface area contributed by atoms with E-state index < -0.39 is 11.6 Å². The monoisotopic (exact) mass is 230 g/mol. The molecule has 1 unspecified atom stereocenters. The highest BCUT2D eigenvalue weighted by Gasteiger charge is 2.21. The first-order chi connectivity index (χ1) is 7.27. The van der Waals surface area contributed by atoms with Gasteiger partial charge in [-0.3, -0.25) is 9.36 Å². The Morgan fingerprint density at radius 2 is 2.40 bits per heavy atom. The smallest absolute Gasteiger partial charge is 0.325 e. The van der Waals surface area contributed by atoms with Crippen LogP contribution in [-0.2, 0) is 14.1 Å². The minimum absolute atomic E-state index is 0.159. The van der Waals surface area contributed by atoms with Gasteiger partial charge in [0.05, 0.1) is 0 Å². The van der Waals surface area contributed by atoms with Gasteiger partial charge < -0.3 is 9.84 Å². The minimum Gasteiger partial charge on any atom is -0.431 e. The van der Waals surface area contributed by atoms with E-state index in [2.05, 4.69) is 0 Å². The molecule has 0 spiro atoms. The molecule has 5 heteroatoms. The first-order valence-corrected chi connectivity index (χ1v) is 6.00. The molecule has 0 aromatic carbocycles. The van der Waals surface area contributed by atoms with Crippen LogP contribution in [0.5, 0.6) is 0 Å². The molecule has 1 atom stereocenters. The molecular formula is C10H15O4P. The predicted octanol–water partition coefficient (Wildman–Crippen LogP) is 2.03. The number of aliphatic hydroxyl groups excluding tert-OH is 1. The van der Waals surface area contributed by atoms with Gasteiger partial charge in [0.15, 0.2) is 8.46 Å². The Kier molecular flexibility index (Phi) is 5.51. The summed E-state index contributed by atoms with van der Waals surface area (Å²) in [6.45, 7) is -0.159. The molecule has 84 valence electrons. The highest BCUT2D eigenvalue weighted by molar-refractivity contribution is 7.26. The lowest BCUT2D eigenvalue weighted by molar-refractivity contribution is -0.139. The molecule has 0 aromatic rings. The Bertz CT molecular complexity index is 262. The van der Waals surface area contributed by atoms with Crippen molar-refractivity contribution in [2.24, 2.45) is 0 Å². The van der Waals surface area contributed by atoms with Gasteiger partial charge in [0.1, 0.15) is 11.4 Å². The minimum atomic E-state index is -0.738. The van der Waals surface area contributed by atoms with E-state index in [1.54, 1.807) is 0 Å². The zero-order valence-electron chi connectivity index (χ0n) is 8.52. The zero-order valence-corrected chi connectivity index (χ0v) is 9.41. The maximum absolute atomic E-state index is 11.5. The normalized spacial score (nSPS) is 18.3. The van der Waals surface area contributed by atoms with Crippen molar-refractivity contribution in [3.05, 3.63) is 11.8 Å². The van der Waals surface area contributed by atoms with Gasteiger partial charge in [-0.25, -0.2) is 0 Å². The van der Waals surface area contributed by atoms with Gasteiger partial charge in [-0.2, -0.15) is 0 Å². The number of rotatable bonds is 5. The second-order valence-electron chi connectivity index (χ2n) is 3.47. The number of esters is 1. The molecule has 0 saturated carbocycles. The summed E-state index contributed by atoms with van der Waals surface area (Å²) < 4.78 is 15.7. The molecule has 0 bridgehead atoms. The number of carbonyl (C=O) groups is 1. The molecule has 0 aromatic heterocycles. The standard InChI is InChI=1S/C10H15O4P/c11-7-6-9(15-13)10(12)14-8-4-2-1-3-5-8/h4,9,11H,1-3,5-7H2. The predicted molar refractivity (Wildman–Crippen MR) is 55.7 cm³/mol. The molecule has 0 saturated heterocycles. The highest BCUT2D eigenvalue weighted by Crippen LogP contribution is 2.21. The molecule has 0 radical (unpaired) electrons. The van der Waals surface area contributed by atoms with E-state index in [0.29, 0.717) is 5.76 Å². The van der Waals surface area contributed by atoms with Crippen LogP contribution >= 0.6 is 8.46 Å². The van der Waals surface area contributed by atoms with E-state index in [-0.39, 0.29) is 21.5 Å². The number of carbonyl (C=O) groups excluding carboxylic acids is 1. The average molecular weight is 230 g/mol. The Hall–Kier alpha value is -0.730. The van der Waals surface area contributed by atoms with Crippen molar-refractivity contribution in [3.63, 3.8) is 0 Å². The molecule has 4 nitrogen and oxygen atoms in total. The summed E-state index contributed by atoms with van der Waals surface area (Å²) in [7, 11) is -0.288. The van der Waals surface area contributed by atoms with Gasteiger partial charge in [0.2, 0.25) is 0 Å². The Labute approximate surface area is 90.5 Å². The Balaban J connectivity index is 2.45. The third-order valence-corrected chi connectivity index (χ3v) is 3.01. The quantitative estimate of drug-likeness (QED) is 0.579. The van der Waals surface area contributed by atoms with Crippen molar-refractivity contribution in [3.8, 4) is 0 Å². The molecule has 1 aliphatic rings. The van der Waals surface area contributed by atoms with Gasteiger partial charge in [-0.05, 0) is 31.8 Å². The van der Waals surface area contributed by atoms with Crippen LogP contribution in [0.15, 0.2) is 11.8 Å². The first kappa shape index (κ1) is 12.3. The molecule has 15 heavy (non-hydrogen) atoms. The van der Waals surface area contributed by atoms with E-state index in [1.165, 1.54) is 0 Å². The Morgan fingerprint density at radius 1 is 1.60 bits per heavy atom. The fourth-order valence-electron chi connectivity index (χ4n) is 1.43. The van der Waals surface area contributed by atoms with Gasteiger partial charge in [0.25, 0.3) is 0 Å². The maximum atomic E-state index is 11.5. The summed E-state index contributed by atoms with van der Waals surface area (Å²) in [6.07, 6.45) is 5.94. The van der Waals surface area contributed by atoms with Gasteiger partial charge >= 0.3 is 5.97 Å². The summed E-state index contributed by atoms with van der Waals surface area (Å²) in [5.41, 5.74) is -0.738. The van der Waals surface area contributed by atoms with E-state index in [0.717, 1.165) is 25.7 Å². The van der Waals surface area contributed by atoms with E-state index in [4.69, 9.17) is 9.84 Å². The Morgan fingerprint density at radius 3 is 2.93 bits per heavy atom. The topological polar surface area (TPSA) is 63.6 Å². The van der Waals surface area contributed by atoms with Crippen LogP contribution in [0.1, 0.15) is 32.1 Å². The number of ether oxygens (including phenoxy) is 1. The third-order valence-electron chi connectivity index (χ3n) is 2.28. The lowest BCUT2D eigenvalue weighted by Crippen LogP contribution is -2.19. The summed E-state index contributed by atoms with van der Waals surface area (Å²) in [5.74, 6) is 0.173. The summed E-state index contributed by atoms with van der Waals surface area (Å²) in [4.78, 5) is 11.5. The molecule has 1 N–H and O–H groups in total. The molecule has 0 fully saturated rings. The summed E-state index contributed by atoms with van der Waals surface area (Å²) in [5, 5.41) is 8.66. The fraction of sp³-hybridized carbons (Fsp3) is 0.700. The third kappa shape index (κ3) is 4.10. The second kappa shape index (κ2) is 6.70. The molecule has 1 rings (SSSR count). The van der Waals surface area contributed by atoms with E-state index in [9.17, 15) is 9.36 Å². The second-order valence-corrected chi connectivity index (χ2v) is 4.30. The van der Waals surface area contributed by atoms with Crippen molar-refractivity contribution >= 4 is 14.4 Å². The largest absolute Gasteiger partial charge is 0.431 e. The van der Waals surface area contributed by atoms with E-state index >= 15 is 0 Å². The maximum Gasteiger partial charge on any atom is 0.325 e. The van der Waals surface area contributed by atoms with Crippen LogP contribution in [0.25, 0.3) is 0 Å². The van der Waals surface area contributed by atoms with Crippen molar-refractivity contribution in [2.45, 2.75) is 37.8 Å². The van der Waals surface area contributed by atoms with Crippen LogP contribution in [0.3, 0.4) is 0 Å². The van der Waals surface area contributed by atoms with Gasteiger partial charge in [-0.15, -0.1) is 0 Å². The van der Waals surface area contributed by atoms with Crippen molar-refractivity contribution < 1.29 is 19.2 Å². The number of hydrogen-bond donors (Lipinski definition) is 1. The van der Waals surface area contributed by atoms with Gasteiger partial charge in [-0.1, -0.05) is 0 Å². The van der Waals surface area contributed by atoms with Crippen LogP contribution in [0.4, 0.5) is 0 Å². The fourth-order valence-corrected chi connectivity index (χ4v) is 1.79. The van der Waals surface area contributed by atoms with E-state index in [1.807, 2.05) is 6.08 Å². The first-order valence-electron chi connectivity index (χ1n) is 5.12. The number of allylic oxidation sites excluding steroid dienone is 2. The SMILES string of the molecule is O=PC(CCO)C(=O)OC1=CCCCC1. The van der Waals surface area contributed by atoms with Crippen LogP contribution in [0.2, 0.25) is 0 Å². The highest BCUT2D eigenvalue weighted by atomic mass is 31.1. The lowest BCUT2D eigenvalue weighted by Gasteiger charge is -2.14. The molecule has 0 amide bonds. The van der Waals surface area contributed by atoms with Crippen molar-refractivity contribution in [1.82, 2.24) is 0 Å². The van der Waals surface area contributed by atoms with Crippen molar-refractivity contribution in [1.29, 1.82) is 0 Å². The van der Waals surface area contributed by atoms with Crippen molar-refractivity contribution in [2.75, 3.05) is 6.61 Å². The van der Waals surface area contributed by atoms with Crippen LogP contribution < -0.4 is 0 Å². The van der Waals surface area contributed by atoms with Gasteiger partial charge in [0, 0.05) is 13.0 Å². The molecular weight excluding hydrogens is 215 g/mol. The molecule has 0 aliphatic heterocycles. The average Bonchev–Trinajstić information content (AvgIpc) is 2.27. The van der Waals surface area contributed by atoms with Crippen LogP contribution in [-0.4, -0.2) is 23.3 Å². The number of aliphatic hydroxyl groups is 1. The zero-order chi connectivity index (χ0) is 11.1. The lowest BCUT2D eigenvalue weighted by atomic mass is 10.1.